The van der Waals surface area contributed by atoms with Crippen LogP contribution in [0.25, 0.3) is 0 Å². The van der Waals surface area contributed by atoms with Crippen LogP contribution in [-0.4, -0.2) is 6.54 Å². The standard InChI is InChI=1S/C16H17F3N2/c1-11-3-2-4-12(9-11)7-8-21-15-6-5-13(20)10-14(15)16(17,18)19/h2-6,9-10,21H,7-8,20H2,1H3. The van der Waals surface area contributed by atoms with E-state index in [1.54, 1.807) is 0 Å². The maximum absolute atomic E-state index is 12.9. The van der Waals surface area contributed by atoms with Gasteiger partial charge in [-0.1, -0.05) is 29.8 Å². The molecule has 21 heavy (non-hydrogen) atoms. The number of benzene rings is 2. The van der Waals surface area contributed by atoms with Crippen molar-refractivity contribution in [3.8, 4) is 0 Å². The van der Waals surface area contributed by atoms with Crippen LogP contribution in [0.15, 0.2) is 42.5 Å². The largest absolute Gasteiger partial charge is 0.418 e. The molecule has 0 heterocycles. The monoisotopic (exact) mass is 294 g/mol. The summed E-state index contributed by atoms with van der Waals surface area (Å²) in [5.74, 6) is 0. The van der Waals surface area contributed by atoms with Gasteiger partial charge in [-0.05, 0) is 37.1 Å². The fourth-order valence-corrected chi connectivity index (χ4v) is 2.16. The molecule has 0 saturated carbocycles. The van der Waals surface area contributed by atoms with Crippen molar-refractivity contribution >= 4 is 11.4 Å². The number of hydrogen-bond donors (Lipinski definition) is 2. The van der Waals surface area contributed by atoms with Crippen molar-refractivity contribution < 1.29 is 13.2 Å². The van der Waals surface area contributed by atoms with Gasteiger partial charge in [0.05, 0.1) is 5.56 Å². The molecule has 0 atom stereocenters. The van der Waals surface area contributed by atoms with Gasteiger partial charge in [0.25, 0.3) is 0 Å². The number of nitrogens with one attached hydrogen (secondary N) is 1. The molecule has 0 fully saturated rings. The maximum atomic E-state index is 12.9. The zero-order chi connectivity index (χ0) is 15.5. The van der Waals surface area contributed by atoms with Crippen LogP contribution < -0.4 is 11.1 Å². The van der Waals surface area contributed by atoms with Gasteiger partial charge in [-0.15, -0.1) is 0 Å². The molecule has 2 aromatic rings. The van der Waals surface area contributed by atoms with E-state index in [1.807, 2.05) is 31.2 Å². The summed E-state index contributed by atoms with van der Waals surface area (Å²) < 4.78 is 38.8. The molecule has 2 nitrogen and oxygen atoms in total. The molecule has 2 aromatic carbocycles. The Hall–Kier alpha value is -2.17. The lowest BCUT2D eigenvalue weighted by atomic mass is 10.1. The zero-order valence-electron chi connectivity index (χ0n) is 11.7. The Labute approximate surface area is 121 Å². The van der Waals surface area contributed by atoms with Crippen molar-refractivity contribution in [1.82, 2.24) is 0 Å². The summed E-state index contributed by atoms with van der Waals surface area (Å²) in [5.41, 5.74) is 7.09. The summed E-state index contributed by atoms with van der Waals surface area (Å²) >= 11 is 0. The van der Waals surface area contributed by atoms with Crippen LogP contribution in [0.4, 0.5) is 24.5 Å². The molecule has 0 aliphatic carbocycles. The molecule has 0 aliphatic rings. The number of nitrogens with two attached hydrogens (primary N) is 1. The van der Waals surface area contributed by atoms with Crippen molar-refractivity contribution in [1.29, 1.82) is 0 Å². The van der Waals surface area contributed by atoms with E-state index in [9.17, 15) is 13.2 Å². The Balaban J connectivity index is 2.07. The molecule has 0 saturated heterocycles. The summed E-state index contributed by atoms with van der Waals surface area (Å²) in [6, 6.07) is 11.7. The average molecular weight is 294 g/mol. The van der Waals surface area contributed by atoms with Crippen molar-refractivity contribution in [3.63, 3.8) is 0 Å². The van der Waals surface area contributed by atoms with Gasteiger partial charge in [0.1, 0.15) is 0 Å². The number of alkyl halides is 3. The summed E-state index contributed by atoms with van der Waals surface area (Å²) in [6.07, 6.45) is -3.76. The highest BCUT2D eigenvalue weighted by atomic mass is 19.4. The van der Waals surface area contributed by atoms with Gasteiger partial charge in [-0.25, -0.2) is 0 Å². The zero-order valence-corrected chi connectivity index (χ0v) is 11.7. The Morgan fingerprint density at radius 3 is 2.52 bits per heavy atom. The van der Waals surface area contributed by atoms with E-state index in [0.717, 1.165) is 17.2 Å². The lowest BCUT2D eigenvalue weighted by Crippen LogP contribution is -2.13. The van der Waals surface area contributed by atoms with Crippen molar-refractivity contribution in [3.05, 3.63) is 59.2 Å². The van der Waals surface area contributed by atoms with Crippen LogP contribution >= 0.6 is 0 Å². The second kappa shape index (κ2) is 6.08. The quantitative estimate of drug-likeness (QED) is 0.827. The summed E-state index contributed by atoms with van der Waals surface area (Å²) in [4.78, 5) is 0. The highest BCUT2D eigenvalue weighted by Gasteiger charge is 2.33. The Morgan fingerprint density at radius 2 is 1.86 bits per heavy atom. The van der Waals surface area contributed by atoms with Gasteiger partial charge in [0.2, 0.25) is 0 Å². The second-order valence-electron chi connectivity index (χ2n) is 4.97. The van der Waals surface area contributed by atoms with Crippen LogP contribution in [0.2, 0.25) is 0 Å². The minimum atomic E-state index is -4.42. The first-order chi connectivity index (χ1) is 9.86. The van der Waals surface area contributed by atoms with Crippen LogP contribution in [0.3, 0.4) is 0 Å². The molecular weight excluding hydrogens is 277 g/mol. The SMILES string of the molecule is Cc1cccc(CCNc2ccc(N)cc2C(F)(F)F)c1. The van der Waals surface area contributed by atoms with Gasteiger partial charge < -0.3 is 11.1 Å². The fraction of sp³-hybridized carbons (Fsp3) is 0.250. The van der Waals surface area contributed by atoms with E-state index in [4.69, 9.17) is 5.73 Å². The Morgan fingerprint density at radius 1 is 1.10 bits per heavy atom. The van der Waals surface area contributed by atoms with E-state index < -0.39 is 11.7 Å². The number of anilines is 2. The third-order valence-corrected chi connectivity index (χ3v) is 3.16. The molecule has 0 unspecified atom stereocenters. The molecule has 112 valence electrons. The van der Waals surface area contributed by atoms with Crippen molar-refractivity contribution in [2.75, 3.05) is 17.6 Å². The third-order valence-electron chi connectivity index (χ3n) is 3.16. The van der Waals surface area contributed by atoms with Crippen molar-refractivity contribution in [2.24, 2.45) is 0 Å². The average Bonchev–Trinajstić information content (AvgIpc) is 2.39. The topological polar surface area (TPSA) is 38.0 Å². The lowest BCUT2D eigenvalue weighted by Gasteiger charge is -2.15. The smallest absolute Gasteiger partial charge is 0.399 e. The minimum Gasteiger partial charge on any atom is -0.399 e. The van der Waals surface area contributed by atoms with Gasteiger partial charge in [0, 0.05) is 17.9 Å². The van der Waals surface area contributed by atoms with Gasteiger partial charge in [0.15, 0.2) is 0 Å². The molecule has 5 heteroatoms. The van der Waals surface area contributed by atoms with E-state index in [0.29, 0.717) is 13.0 Å². The molecule has 0 bridgehead atoms. The minimum absolute atomic E-state index is 0.0596. The predicted molar refractivity (Wildman–Crippen MR) is 79.2 cm³/mol. The maximum Gasteiger partial charge on any atom is 0.418 e. The summed E-state index contributed by atoms with van der Waals surface area (Å²) in [7, 11) is 0. The highest BCUT2D eigenvalue weighted by Crippen LogP contribution is 2.36. The first-order valence-corrected chi connectivity index (χ1v) is 6.62. The predicted octanol–water partition coefficient (Wildman–Crippen LogP) is 4.25. The molecule has 0 spiro atoms. The Kier molecular flexibility index (Phi) is 4.40. The molecule has 0 aromatic heterocycles. The van der Waals surface area contributed by atoms with Crippen LogP contribution in [-0.2, 0) is 12.6 Å². The molecule has 0 aliphatic heterocycles. The van der Waals surface area contributed by atoms with E-state index >= 15 is 0 Å². The number of rotatable bonds is 4. The van der Waals surface area contributed by atoms with E-state index in [1.165, 1.54) is 12.1 Å². The third kappa shape index (κ3) is 4.15. The summed E-state index contributed by atoms with van der Waals surface area (Å²) in [6.45, 7) is 2.41. The van der Waals surface area contributed by atoms with Gasteiger partial charge in [-0.3, -0.25) is 0 Å². The molecule has 2 rings (SSSR count). The number of nitrogen functional groups attached to an aromatic ring is 1. The van der Waals surface area contributed by atoms with Crippen LogP contribution in [0.5, 0.6) is 0 Å². The number of halogens is 3. The lowest BCUT2D eigenvalue weighted by molar-refractivity contribution is -0.136. The van der Waals surface area contributed by atoms with Crippen LogP contribution in [0, 0.1) is 6.92 Å². The molecule has 3 N–H and O–H groups in total. The molecule has 0 amide bonds. The second-order valence-corrected chi connectivity index (χ2v) is 4.97. The molecule has 0 radical (unpaired) electrons. The number of aryl methyl sites for hydroxylation is 1. The van der Waals surface area contributed by atoms with Gasteiger partial charge >= 0.3 is 6.18 Å². The first-order valence-electron chi connectivity index (χ1n) is 6.62. The molecular formula is C16H17F3N2. The normalized spacial score (nSPS) is 11.4. The summed E-state index contributed by atoms with van der Waals surface area (Å²) in [5, 5.41) is 2.84. The van der Waals surface area contributed by atoms with Gasteiger partial charge in [-0.2, -0.15) is 13.2 Å². The van der Waals surface area contributed by atoms with Crippen molar-refractivity contribution in [2.45, 2.75) is 19.5 Å². The number of hydrogen-bond acceptors (Lipinski definition) is 2. The van der Waals surface area contributed by atoms with E-state index in [-0.39, 0.29) is 11.4 Å². The van der Waals surface area contributed by atoms with Crippen LogP contribution in [0.1, 0.15) is 16.7 Å². The Bertz CT molecular complexity index is 621. The first kappa shape index (κ1) is 15.2. The van der Waals surface area contributed by atoms with E-state index in [2.05, 4.69) is 5.32 Å². The fourth-order valence-electron chi connectivity index (χ4n) is 2.16. The highest BCUT2D eigenvalue weighted by molar-refractivity contribution is 5.59.